The molecule has 0 amide bonds. The second-order valence-electron chi connectivity index (χ2n) is 7.67. The van der Waals surface area contributed by atoms with Crippen molar-refractivity contribution in [2.24, 2.45) is 0 Å². The molecule has 0 spiro atoms. The third-order valence-electron chi connectivity index (χ3n) is 5.92. The van der Waals surface area contributed by atoms with Crippen molar-refractivity contribution in [3.63, 3.8) is 0 Å². The molecular formula is C20H26N4O2S. The summed E-state index contributed by atoms with van der Waals surface area (Å²) < 4.78 is 11.0. The molecule has 3 aliphatic heterocycles. The number of nitrogens with zero attached hydrogens (tertiary/aromatic N) is 4. The Bertz CT molecular complexity index is 831. The standard InChI is InChI=1S/C20H26N4O2S/c1-14(15-3-4-17-18(11-15)26-13-25-17)23-7-9-24(10-8-23)20-21-16-12-22(2)6-5-19(16)27-20/h3-4,11,14H,5-10,12-13H2,1-2H3/t14-/m0/s1. The molecule has 1 aromatic heterocycles. The van der Waals surface area contributed by atoms with Gasteiger partial charge < -0.3 is 19.3 Å². The van der Waals surface area contributed by atoms with Crippen LogP contribution >= 0.6 is 11.3 Å². The summed E-state index contributed by atoms with van der Waals surface area (Å²) in [6.07, 6.45) is 1.14. The summed E-state index contributed by atoms with van der Waals surface area (Å²) in [5.41, 5.74) is 2.58. The average molecular weight is 387 g/mol. The minimum absolute atomic E-state index is 0.333. The fraction of sp³-hybridized carbons (Fsp3) is 0.550. The Morgan fingerprint density at radius 2 is 1.89 bits per heavy atom. The van der Waals surface area contributed by atoms with Gasteiger partial charge in [-0.2, -0.15) is 0 Å². The van der Waals surface area contributed by atoms with E-state index >= 15 is 0 Å². The molecule has 0 N–H and O–H groups in total. The lowest BCUT2D eigenvalue weighted by Gasteiger charge is -2.38. The van der Waals surface area contributed by atoms with Gasteiger partial charge in [-0.15, -0.1) is 11.3 Å². The van der Waals surface area contributed by atoms with E-state index < -0.39 is 0 Å². The summed E-state index contributed by atoms with van der Waals surface area (Å²) in [5, 5.41) is 1.21. The van der Waals surface area contributed by atoms with Gasteiger partial charge in [-0.05, 0) is 38.1 Å². The maximum Gasteiger partial charge on any atom is 0.231 e. The summed E-state index contributed by atoms with van der Waals surface area (Å²) in [4.78, 5) is 13.8. The minimum Gasteiger partial charge on any atom is -0.454 e. The van der Waals surface area contributed by atoms with Crippen molar-refractivity contribution in [3.05, 3.63) is 34.3 Å². The van der Waals surface area contributed by atoms with Gasteiger partial charge in [0.25, 0.3) is 0 Å². The van der Waals surface area contributed by atoms with Gasteiger partial charge in [-0.3, -0.25) is 4.90 Å². The molecule has 2 aromatic rings. The van der Waals surface area contributed by atoms with E-state index in [-0.39, 0.29) is 0 Å². The van der Waals surface area contributed by atoms with Crippen molar-refractivity contribution in [2.75, 3.05) is 51.5 Å². The summed E-state index contributed by atoms with van der Waals surface area (Å²) >= 11 is 1.90. The van der Waals surface area contributed by atoms with Crippen LogP contribution in [0.2, 0.25) is 0 Å². The number of anilines is 1. The van der Waals surface area contributed by atoms with Gasteiger partial charge >= 0.3 is 0 Å². The molecule has 1 fully saturated rings. The van der Waals surface area contributed by atoms with Gasteiger partial charge in [0.05, 0.1) is 5.69 Å². The highest BCUT2D eigenvalue weighted by Crippen LogP contribution is 2.36. The first-order valence-corrected chi connectivity index (χ1v) is 10.5. The third-order valence-corrected chi connectivity index (χ3v) is 7.14. The molecule has 0 bridgehead atoms. The van der Waals surface area contributed by atoms with Gasteiger partial charge in [0, 0.05) is 50.2 Å². The van der Waals surface area contributed by atoms with Crippen LogP contribution in [0.3, 0.4) is 0 Å². The molecule has 0 aliphatic carbocycles. The van der Waals surface area contributed by atoms with E-state index in [1.807, 2.05) is 17.4 Å². The van der Waals surface area contributed by atoms with Crippen LogP contribution in [0, 0.1) is 0 Å². The lowest BCUT2D eigenvalue weighted by molar-refractivity contribution is 0.173. The molecule has 5 rings (SSSR count). The largest absolute Gasteiger partial charge is 0.454 e. The average Bonchev–Trinajstić information content (AvgIpc) is 3.33. The molecular weight excluding hydrogens is 360 g/mol. The molecule has 1 atom stereocenters. The van der Waals surface area contributed by atoms with Crippen LogP contribution in [0.5, 0.6) is 11.5 Å². The monoisotopic (exact) mass is 386 g/mol. The van der Waals surface area contributed by atoms with Gasteiger partial charge in [0.1, 0.15) is 0 Å². The Labute approximate surface area is 164 Å². The number of hydrogen-bond acceptors (Lipinski definition) is 7. The minimum atomic E-state index is 0.333. The predicted molar refractivity (Wildman–Crippen MR) is 107 cm³/mol. The summed E-state index contributed by atoms with van der Waals surface area (Å²) in [7, 11) is 2.18. The van der Waals surface area contributed by atoms with Gasteiger partial charge in [-0.1, -0.05) is 6.07 Å². The summed E-state index contributed by atoms with van der Waals surface area (Å²) in [5.74, 6) is 1.73. The zero-order valence-corrected chi connectivity index (χ0v) is 16.8. The van der Waals surface area contributed by atoms with E-state index in [0.29, 0.717) is 12.8 Å². The van der Waals surface area contributed by atoms with E-state index in [9.17, 15) is 0 Å². The number of aromatic nitrogens is 1. The first-order valence-electron chi connectivity index (χ1n) is 9.73. The van der Waals surface area contributed by atoms with Crippen LogP contribution in [0.1, 0.15) is 29.1 Å². The number of fused-ring (bicyclic) bond motifs is 2. The van der Waals surface area contributed by atoms with Crippen LogP contribution < -0.4 is 14.4 Å². The van der Waals surface area contributed by atoms with E-state index in [1.54, 1.807) is 0 Å². The quantitative estimate of drug-likeness (QED) is 0.808. The van der Waals surface area contributed by atoms with Crippen LogP contribution in [0.15, 0.2) is 18.2 Å². The maximum absolute atomic E-state index is 5.54. The Morgan fingerprint density at radius 1 is 1.07 bits per heavy atom. The highest BCUT2D eigenvalue weighted by Gasteiger charge is 2.27. The molecule has 144 valence electrons. The van der Waals surface area contributed by atoms with Gasteiger partial charge in [0.15, 0.2) is 16.6 Å². The second kappa shape index (κ2) is 6.96. The normalized spacial score (nSPS) is 21.3. The Hall–Kier alpha value is -1.83. The first-order chi connectivity index (χ1) is 13.2. The van der Waals surface area contributed by atoms with Crippen molar-refractivity contribution in [1.29, 1.82) is 0 Å². The van der Waals surface area contributed by atoms with Crippen molar-refractivity contribution in [3.8, 4) is 11.5 Å². The highest BCUT2D eigenvalue weighted by molar-refractivity contribution is 7.15. The fourth-order valence-electron chi connectivity index (χ4n) is 4.14. The molecule has 4 heterocycles. The molecule has 7 heteroatoms. The van der Waals surface area contributed by atoms with E-state index in [2.05, 4.69) is 40.8 Å². The number of likely N-dealkylation sites (N-methyl/N-ethyl adjacent to an activating group) is 1. The molecule has 1 aromatic carbocycles. The van der Waals surface area contributed by atoms with Crippen molar-refractivity contribution in [2.45, 2.75) is 25.9 Å². The summed E-state index contributed by atoms with van der Waals surface area (Å²) in [6.45, 7) is 8.95. The van der Waals surface area contributed by atoms with Crippen LogP contribution in [-0.4, -0.2) is 61.3 Å². The number of piperazine rings is 1. The number of hydrogen-bond donors (Lipinski definition) is 0. The molecule has 27 heavy (non-hydrogen) atoms. The zero-order chi connectivity index (χ0) is 18.4. The second-order valence-corrected chi connectivity index (χ2v) is 8.73. The molecule has 0 unspecified atom stereocenters. The van der Waals surface area contributed by atoms with Gasteiger partial charge in [-0.25, -0.2) is 4.98 Å². The molecule has 0 saturated carbocycles. The lowest BCUT2D eigenvalue weighted by Crippen LogP contribution is -2.47. The van der Waals surface area contributed by atoms with E-state index in [0.717, 1.165) is 57.2 Å². The lowest BCUT2D eigenvalue weighted by atomic mass is 10.1. The van der Waals surface area contributed by atoms with E-state index in [4.69, 9.17) is 14.5 Å². The smallest absolute Gasteiger partial charge is 0.231 e. The topological polar surface area (TPSA) is 41.1 Å². The fourth-order valence-corrected chi connectivity index (χ4v) is 5.24. The van der Waals surface area contributed by atoms with Crippen LogP contribution in [0.25, 0.3) is 0 Å². The number of rotatable bonds is 3. The number of benzene rings is 1. The molecule has 1 saturated heterocycles. The number of thiazole rings is 1. The molecule has 0 radical (unpaired) electrons. The van der Waals surface area contributed by atoms with Crippen LogP contribution in [-0.2, 0) is 13.0 Å². The Kier molecular flexibility index (Phi) is 4.46. The zero-order valence-electron chi connectivity index (χ0n) is 16.0. The van der Waals surface area contributed by atoms with E-state index in [1.165, 1.54) is 21.3 Å². The summed E-state index contributed by atoms with van der Waals surface area (Å²) in [6, 6.07) is 6.70. The van der Waals surface area contributed by atoms with Crippen LogP contribution in [0.4, 0.5) is 5.13 Å². The maximum atomic E-state index is 5.54. The third kappa shape index (κ3) is 3.28. The Morgan fingerprint density at radius 3 is 2.74 bits per heavy atom. The first kappa shape index (κ1) is 17.3. The predicted octanol–water partition coefficient (Wildman–Crippen LogP) is 2.74. The SMILES string of the molecule is C[C@@H](c1ccc2c(c1)OCO2)N1CCN(c2nc3c(s2)CCN(C)C3)CC1. The number of ether oxygens (including phenoxy) is 2. The molecule has 6 nitrogen and oxygen atoms in total. The van der Waals surface area contributed by atoms with Crippen molar-refractivity contribution in [1.82, 2.24) is 14.8 Å². The highest BCUT2D eigenvalue weighted by atomic mass is 32.1. The Balaban J connectivity index is 1.24. The van der Waals surface area contributed by atoms with Crippen molar-refractivity contribution >= 4 is 16.5 Å². The van der Waals surface area contributed by atoms with Gasteiger partial charge in [0.2, 0.25) is 6.79 Å². The van der Waals surface area contributed by atoms with Crippen molar-refractivity contribution < 1.29 is 9.47 Å². The molecule has 3 aliphatic rings.